The van der Waals surface area contributed by atoms with E-state index in [9.17, 15) is 4.79 Å². The molecule has 0 radical (unpaired) electrons. The van der Waals surface area contributed by atoms with Gasteiger partial charge in [-0.1, -0.05) is 0 Å². The highest BCUT2D eigenvalue weighted by Gasteiger charge is 2.01. The van der Waals surface area contributed by atoms with Crippen LogP contribution < -0.4 is 0 Å². The van der Waals surface area contributed by atoms with Gasteiger partial charge in [-0.15, -0.1) is 0 Å². The third-order valence-electron chi connectivity index (χ3n) is 1.02. The van der Waals surface area contributed by atoms with Gasteiger partial charge in [0, 0.05) is 7.05 Å². The topological polar surface area (TPSA) is 34.9 Å². The molecular weight excluding hydrogens is 184 g/mol. The Balaban J connectivity index is 3.18. The van der Waals surface area contributed by atoms with Crippen molar-refractivity contribution < 1.29 is 4.79 Å². The maximum Gasteiger partial charge on any atom is 0.154 e. The predicted octanol–water partition coefficient (Wildman–Crippen LogP) is 0.995. The van der Waals surface area contributed by atoms with Gasteiger partial charge in [-0.05, 0) is 15.9 Å². The van der Waals surface area contributed by atoms with E-state index in [2.05, 4.69) is 21.0 Å². The summed E-state index contributed by atoms with van der Waals surface area (Å²) in [6, 6.07) is 0. The lowest BCUT2D eigenvalue weighted by molar-refractivity contribution is 0.112. The maximum absolute atomic E-state index is 10.2. The van der Waals surface area contributed by atoms with E-state index in [1.807, 2.05) is 0 Å². The van der Waals surface area contributed by atoms with Crippen LogP contribution in [0.2, 0.25) is 0 Å². The molecule has 3 nitrogen and oxygen atoms in total. The van der Waals surface area contributed by atoms with Crippen LogP contribution in [-0.2, 0) is 7.05 Å². The first-order chi connectivity index (χ1) is 4.25. The molecule has 0 saturated heterocycles. The summed E-state index contributed by atoms with van der Waals surface area (Å²) in [6.45, 7) is 0. The van der Waals surface area contributed by atoms with E-state index in [0.717, 1.165) is 10.9 Å². The monoisotopic (exact) mass is 188 g/mol. The van der Waals surface area contributed by atoms with Crippen LogP contribution in [0.25, 0.3) is 0 Å². The highest BCUT2D eigenvalue weighted by atomic mass is 79.9. The van der Waals surface area contributed by atoms with Gasteiger partial charge in [-0.2, -0.15) is 5.10 Å². The second kappa shape index (κ2) is 2.31. The Labute approximate surface area is 60.8 Å². The predicted molar refractivity (Wildman–Crippen MR) is 36.3 cm³/mol. The largest absolute Gasteiger partial charge is 0.298 e. The Morgan fingerprint density at radius 3 is 2.78 bits per heavy atom. The molecule has 0 atom stereocenters. The summed E-state index contributed by atoms with van der Waals surface area (Å²) < 4.78 is 2.31. The van der Waals surface area contributed by atoms with E-state index in [4.69, 9.17) is 0 Å². The fourth-order valence-electron chi connectivity index (χ4n) is 0.519. The van der Waals surface area contributed by atoms with Gasteiger partial charge in [0.2, 0.25) is 0 Å². The normalized spacial score (nSPS) is 9.56. The molecule has 0 bridgehead atoms. The molecule has 0 aromatic carbocycles. The average molecular weight is 189 g/mol. The molecule has 0 aliphatic carbocycles. The molecule has 0 aliphatic rings. The number of nitrogens with zero attached hydrogens (tertiary/aromatic N) is 2. The number of hydrogen-bond acceptors (Lipinski definition) is 2. The number of rotatable bonds is 1. The molecule has 1 rings (SSSR count). The molecule has 0 spiro atoms. The highest BCUT2D eigenvalue weighted by molar-refractivity contribution is 9.10. The van der Waals surface area contributed by atoms with E-state index in [-0.39, 0.29) is 0 Å². The average Bonchev–Trinajstić information content (AvgIpc) is 2.15. The Kier molecular flexibility index (Phi) is 1.66. The molecule has 1 aromatic rings. The summed E-state index contributed by atoms with van der Waals surface area (Å²) in [6.07, 6.45) is 2.27. The molecule has 0 N–H and O–H groups in total. The SMILES string of the molecule is Cn1ncc(C=O)c1Br. The zero-order valence-corrected chi connectivity index (χ0v) is 6.42. The number of halogens is 1. The summed E-state index contributed by atoms with van der Waals surface area (Å²) in [5.41, 5.74) is 0.581. The van der Waals surface area contributed by atoms with E-state index >= 15 is 0 Å². The minimum Gasteiger partial charge on any atom is -0.298 e. The van der Waals surface area contributed by atoms with Gasteiger partial charge in [0.1, 0.15) is 4.60 Å². The van der Waals surface area contributed by atoms with Crippen LogP contribution in [0.1, 0.15) is 10.4 Å². The first-order valence-electron chi connectivity index (χ1n) is 2.38. The van der Waals surface area contributed by atoms with Crippen molar-refractivity contribution in [3.63, 3.8) is 0 Å². The van der Waals surface area contributed by atoms with Crippen LogP contribution in [-0.4, -0.2) is 16.1 Å². The van der Waals surface area contributed by atoms with E-state index in [1.165, 1.54) is 6.20 Å². The molecular formula is C5H5BrN2O. The molecule has 0 amide bonds. The molecule has 0 unspecified atom stereocenters. The molecule has 0 fully saturated rings. The van der Waals surface area contributed by atoms with E-state index < -0.39 is 0 Å². The Morgan fingerprint density at radius 1 is 1.89 bits per heavy atom. The fourth-order valence-corrected chi connectivity index (χ4v) is 0.806. The summed E-state index contributed by atoms with van der Waals surface area (Å²) in [4.78, 5) is 10.2. The van der Waals surface area contributed by atoms with Crippen molar-refractivity contribution in [3.05, 3.63) is 16.4 Å². The standard InChI is InChI=1S/C5H5BrN2O/c1-8-5(6)4(3-9)2-7-8/h2-3H,1H3. The van der Waals surface area contributed by atoms with Gasteiger partial charge < -0.3 is 0 Å². The Hall–Kier alpha value is -0.640. The van der Waals surface area contributed by atoms with Gasteiger partial charge in [0.25, 0.3) is 0 Å². The van der Waals surface area contributed by atoms with Crippen LogP contribution in [0.3, 0.4) is 0 Å². The third kappa shape index (κ3) is 1.03. The Morgan fingerprint density at radius 2 is 2.56 bits per heavy atom. The molecule has 1 heterocycles. The number of aldehydes is 1. The molecule has 1 aromatic heterocycles. The molecule has 9 heavy (non-hydrogen) atoms. The summed E-state index contributed by atoms with van der Waals surface area (Å²) >= 11 is 3.18. The van der Waals surface area contributed by atoms with Gasteiger partial charge in [0.15, 0.2) is 6.29 Å². The zero-order valence-electron chi connectivity index (χ0n) is 4.84. The summed E-state index contributed by atoms with van der Waals surface area (Å²) in [5, 5.41) is 3.83. The molecule has 0 aliphatic heterocycles. The van der Waals surface area contributed by atoms with Crippen LogP contribution in [0, 0.1) is 0 Å². The second-order valence-electron chi connectivity index (χ2n) is 1.63. The smallest absolute Gasteiger partial charge is 0.154 e. The summed E-state index contributed by atoms with van der Waals surface area (Å²) in [5.74, 6) is 0. The van der Waals surface area contributed by atoms with Crippen molar-refractivity contribution in [2.45, 2.75) is 0 Å². The van der Waals surface area contributed by atoms with Crippen LogP contribution in [0.4, 0.5) is 0 Å². The van der Waals surface area contributed by atoms with Crippen LogP contribution >= 0.6 is 15.9 Å². The van der Waals surface area contributed by atoms with Crippen LogP contribution in [0.5, 0.6) is 0 Å². The minimum atomic E-state index is 0.581. The lowest BCUT2D eigenvalue weighted by Crippen LogP contribution is -1.89. The number of aryl methyl sites for hydroxylation is 1. The third-order valence-corrected chi connectivity index (χ3v) is 1.99. The minimum absolute atomic E-state index is 0.581. The second-order valence-corrected chi connectivity index (χ2v) is 2.38. The van der Waals surface area contributed by atoms with Crippen molar-refractivity contribution in [1.82, 2.24) is 9.78 Å². The van der Waals surface area contributed by atoms with Crippen molar-refractivity contribution in [2.75, 3.05) is 0 Å². The number of carbonyl (C=O) groups excluding carboxylic acids is 1. The number of carbonyl (C=O) groups is 1. The highest BCUT2D eigenvalue weighted by Crippen LogP contribution is 2.11. The van der Waals surface area contributed by atoms with Crippen LogP contribution in [0.15, 0.2) is 10.8 Å². The summed E-state index contributed by atoms with van der Waals surface area (Å²) in [7, 11) is 1.76. The molecule has 4 heteroatoms. The molecule has 0 saturated carbocycles. The first kappa shape index (κ1) is 6.48. The van der Waals surface area contributed by atoms with Crippen molar-refractivity contribution in [2.24, 2.45) is 7.05 Å². The molecule has 48 valence electrons. The Bertz CT molecular complexity index is 231. The number of hydrogen-bond donors (Lipinski definition) is 0. The quantitative estimate of drug-likeness (QED) is 0.617. The van der Waals surface area contributed by atoms with Gasteiger partial charge >= 0.3 is 0 Å². The van der Waals surface area contributed by atoms with Gasteiger partial charge in [-0.25, -0.2) is 0 Å². The fraction of sp³-hybridized carbons (Fsp3) is 0.200. The van der Waals surface area contributed by atoms with E-state index in [0.29, 0.717) is 5.56 Å². The maximum atomic E-state index is 10.2. The lowest BCUT2D eigenvalue weighted by Gasteiger charge is -1.87. The van der Waals surface area contributed by atoms with Gasteiger partial charge in [-0.3, -0.25) is 9.48 Å². The van der Waals surface area contributed by atoms with Crippen molar-refractivity contribution >= 4 is 22.2 Å². The first-order valence-corrected chi connectivity index (χ1v) is 3.17. The van der Waals surface area contributed by atoms with Crippen molar-refractivity contribution in [3.8, 4) is 0 Å². The lowest BCUT2D eigenvalue weighted by atomic mass is 10.4. The zero-order chi connectivity index (χ0) is 6.85. The van der Waals surface area contributed by atoms with E-state index in [1.54, 1.807) is 11.7 Å². The number of aromatic nitrogens is 2. The van der Waals surface area contributed by atoms with Gasteiger partial charge in [0.05, 0.1) is 11.8 Å². The van der Waals surface area contributed by atoms with Crippen molar-refractivity contribution in [1.29, 1.82) is 0 Å².